The van der Waals surface area contributed by atoms with Crippen LogP contribution in [0, 0.1) is 5.92 Å². The zero-order valence-electron chi connectivity index (χ0n) is 22.6. The summed E-state index contributed by atoms with van der Waals surface area (Å²) in [5.41, 5.74) is 1.67. The van der Waals surface area contributed by atoms with Crippen LogP contribution in [0.5, 0.6) is 5.75 Å². The van der Waals surface area contributed by atoms with Crippen molar-refractivity contribution in [3.05, 3.63) is 66.4 Å². The molecule has 0 fully saturated rings. The van der Waals surface area contributed by atoms with Crippen LogP contribution in [0.1, 0.15) is 63.2 Å². The second-order valence-electron chi connectivity index (χ2n) is 10.5. The van der Waals surface area contributed by atoms with Gasteiger partial charge in [0.2, 0.25) is 5.91 Å². The van der Waals surface area contributed by atoms with Crippen LogP contribution in [0.3, 0.4) is 0 Å². The number of carbonyl (C=O) groups excluding carboxylic acids is 2. The number of amides is 2. The van der Waals surface area contributed by atoms with Gasteiger partial charge in [-0.25, -0.2) is 0 Å². The molecule has 0 radical (unpaired) electrons. The first-order chi connectivity index (χ1) is 18.0. The second kappa shape index (κ2) is 12.8. The Morgan fingerprint density at radius 3 is 2.49 bits per heavy atom. The van der Waals surface area contributed by atoms with E-state index in [0.717, 1.165) is 56.1 Å². The highest BCUT2D eigenvalue weighted by Crippen LogP contribution is 2.24. The third-order valence-corrected chi connectivity index (χ3v) is 7.29. The SMILES string of the molecule is CCN1CCCCCCN(C(=O)Cn2ccc3ccccc32)[C@@H](CC(C)C)COc2ccccc2C1=O. The number of nitrogens with zero attached hydrogens (tertiary/aromatic N) is 3. The summed E-state index contributed by atoms with van der Waals surface area (Å²) in [6, 6.07) is 17.7. The standard InChI is InChI=1S/C31H41N3O3/c1-4-32-18-11-5-6-12-19-34(30(35)22-33-20-17-25-13-7-9-15-28(25)33)26(21-24(2)3)23-37-29-16-10-8-14-27(29)31(32)36/h7-10,13-17,20,24,26H,4-6,11-12,18-19,21-23H2,1-3H3/t26-/m0/s1. The van der Waals surface area contributed by atoms with Crippen molar-refractivity contribution in [2.24, 2.45) is 5.92 Å². The quantitative estimate of drug-likeness (QED) is 0.429. The van der Waals surface area contributed by atoms with Crippen LogP contribution >= 0.6 is 0 Å². The van der Waals surface area contributed by atoms with E-state index < -0.39 is 0 Å². The van der Waals surface area contributed by atoms with E-state index in [4.69, 9.17) is 4.74 Å². The molecule has 2 heterocycles. The van der Waals surface area contributed by atoms with E-state index in [1.165, 1.54) is 0 Å². The van der Waals surface area contributed by atoms with Gasteiger partial charge in [0, 0.05) is 31.3 Å². The molecule has 1 atom stereocenters. The van der Waals surface area contributed by atoms with Gasteiger partial charge in [-0.15, -0.1) is 0 Å². The van der Waals surface area contributed by atoms with E-state index in [1.807, 2.05) is 63.9 Å². The second-order valence-corrected chi connectivity index (χ2v) is 10.5. The number of hydrogen-bond donors (Lipinski definition) is 0. The van der Waals surface area contributed by atoms with E-state index >= 15 is 0 Å². The molecule has 2 aromatic carbocycles. The first-order valence-corrected chi connectivity index (χ1v) is 13.8. The zero-order valence-corrected chi connectivity index (χ0v) is 22.6. The molecule has 2 amide bonds. The fraction of sp³-hybridized carbons (Fsp3) is 0.484. The molecule has 3 aromatic rings. The van der Waals surface area contributed by atoms with Gasteiger partial charge in [0.1, 0.15) is 18.9 Å². The first-order valence-electron chi connectivity index (χ1n) is 13.8. The van der Waals surface area contributed by atoms with E-state index in [2.05, 4.69) is 32.0 Å². The zero-order chi connectivity index (χ0) is 26.2. The lowest BCUT2D eigenvalue weighted by Crippen LogP contribution is -2.46. The average molecular weight is 504 g/mol. The highest BCUT2D eigenvalue weighted by atomic mass is 16.5. The van der Waals surface area contributed by atoms with Gasteiger partial charge < -0.3 is 19.1 Å². The Morgan fingerprint density at radius 2 is 1.70 bits per heavy atom. The van der Waals surface area contributed by atoms with Crippen molar-refractivity contribution in [1.29, 1.82) is 0 Å². The maximum absolute atomic E-state index is 13.8. The van der Waals surface area contributed by atoms with Gasteiger partial charge in [0.25, 0.3) is 5.91 Å². The Hall–Kier alpha value is -3.28. The number of fused-ring (bicyclic) bond motifs is 2. The van der Waals surface area contributed by atoms with Crippen molar-refractivity contribution < 1.29 is 14.3 Å². The van der Waals surface area contributed by atoms with Crippen molar-refractivity contribution >= 4 is 22.7 Å². The van der Waals surface area contributed by atoms with Crippen molar-refractivity contribution in [3.63, 3.8) is 0 Å². The lowest BCUT2D eigenvalue weighted by Gasteiger charge is -2.34. The van der Waals surface area contributed by atoms with Crippen LogP contribution in [0.15, 0.2) is 60.8 Å². The minimum Gasteiger partial charge on any atom is -0.491 e. The summed E-state index contributed by atoms with van der Waals surface area (Å²) in [7, 11) is 0. The number of benzene rings is 2. The van der Waals surface area contributed by atoms with Gasteiger partial charge in [-0.2, -0.15) is 0 Å². The van der Waals surface area contributed by atoms with Gasteiger partial charge in [0.05, 0.1) is 11.6 Å². The predicted octanol–water partition coefficient (Wildman–Crippen LogP) is 6.00. The topological polar surface area (TPSA) is 54.8 Å². The lowest BCUT2D eigenvalue weighted by molar-refractivity contribution is -0.135. The minimum atomic E-state index is -0.0669. The van der Waals surface area contributed by atoms with Crippen LogP contribution in [0.2, 0.25) is 0 Å². The average Bonchev–Trinajstić information content (AvgIpc) is 3.30. The summed E-state index contributed by atoms with van der Waals surface area (Å²) in [6.07, 6.45) is 6.83. The van der Waals surface area contributed by atoms with Gasteiger partial charge in [-0.1, -0.05) is 57.0 Å². The molecular formula is C31H41N3O3. The monoisotopic (exact) mass is 503 g/mol. The van der Waals surface area contributed by atoms with Crippen LogP contribution in [0.25, 0.3) is 10.9 Å². The lowest BCUT2D eigenvalue weighted by atomic mass is 10.0. The summed E-state index contributed by atoms with van der Waals surface area (Å²) >= 11 is 0. The molecule has 198 valence electrons. The molecule has 0 saturated carbocycles. The Balaban J connectivity index is 1.61. The van der Waals surface area contributed by atoms with Crippen LogP contribution in [-0.4, -0.2) is 58.5 Å². The van der Waals surface area contributed by atoms with Crippen molar-refractivity contribution in [3.8, 4) is 5.75 Å². The van der Waals surface area contributed by atoms with E-state index in [0.29, 0.717) is 36.9 Å². The molecule has 0 aliphatic carbocycles. The normalized spacial score (nSPS) is 17.9. The summed E-state index contributed by atoms with van der Waals surface area (Å²) in [5.74, 6) is 1.13. The Kier molecular flexibility index (Phi) is 9.26. The molecule has 0 unspecified atom stereocenters. The van der Waals surface area contributed by atoms with Gasteiger partial charge in [-0.3, -0.25) is 9.59 Å². The minimum absolute atomic E-state index is 0.0167. The highest BCUT2D eigenvalue weighted by molar-refractivity contribution is 5.97. The number of aromatic nitrogens is 1. The molecule has 0 bridgehead atoms. The van der Waals surface area contributed by atoms with Crippen molar-refractivity contribution in [2.75, 3.05) is 26.2 Å². The van der Waals surface area contributed by atoms with Gasteiger partial charge in [-0.05, 0) is 61.8 Å². The van der Waals surface area contributed by atoms with Gasteiger partial charge in [0.15, 0.2) is 0 Å². The summed E-state index contributed by atoms with van der Waals surface area (Å²) in [4.78, 5) is 31.1. The molecule has 4 rings (SSSR count). The molecule has 0 N–H and O–H groups in total. The van der Waals surface area contributed by atoms with E-state index in [-0.39, 0.29) is 17.9 Å². The number of hydrogen-bond acceptors (Lipinski definition) is 3. The Morgan fingerprint density at radius 1 is 0.973 bits per heavy atom. The Bertz CT molecular complexity index is 1190. The number of carbonyl (C=O) groups is 2. The molecule has 1 aliphatic heterocycles. The predicted molar refractivity (Wildman–Crippen MR) is 149 cm³/mol. The number of rotatable bonds is 5. The molecule has 1 aromatic heterocycles. The largest absolute Gasteiger partial charge is 0.491 e. The summed E-state index contributed by atoms with van der Waals surface area (Å²) < 4.78 is 8.39. The number of ether oxygens (including phenoxy) is 1. The number of para-hydroxylation sites is 2. The molecule has 6 heteroatoms. The smallest absolute Gasteiger partial charge is 0.257 e. The third-order valence-electron chi connectivity index (χ3n) is 7.29. The molecule has 0 saturated heterocycles. The highest BCUT2D eigenvalue weighted by Gasteiger charge is 2.27. The maximum Gasteiger partial charge on any atom is 0.257 e. The molecule has 1 aliphatic rings. The molecule has 37 heavy (non-hydrogen) atoms. The molecule has 0 spiro atoms. The maximum atomic E-state index is 13.8. The van der Waals surface area contributed by atoms with Crippen molar-refractivity contribution in [1.82, 2.24) is 14.4 Å². The van der Waals surface area contributed by atoms with Gasteiger partial charge >= 0.3 is 0 Å². The Labute approximate surface area is 221 Å². The fourth-order valence-corrected chi connectivity index (χ4v) is 5.32. The molecular weight excluding hydrogens is 462 g/mol. The summed E-state index contributed by atoms with van der Waals surface area (Å²) in [6.45, 7) is 9.21. The summed E-state index contributed by atoms with van der Waals surface area (Å²) in [5, 5.41) is 1.14. The van der Waals surface area contributed by atoms with E-state index in [1.54, 1.807) is 0 Å². The van der Waals surface area contributed by atoms with Crippen LogP contribution < -0.4 is 4.74 Å². The van der Waals surface area contributed by atoms with E-state index in [9.17, 15) is 9.59 Å². The third kappa shape index (κ3) is 6.73. The fourth-order valence-electron chi connectivity index (χ4n) is 5.32. The molecule has 6 nitrogen and oxygen atoms in total. The first kappa shape index (κ1) is 26.8. The van der Waals surface area contributed by atoms with Crippen LogP contribution in [-0.2, 0) is 11.3 Å². The van der Waals surface area contributed by atoms with Crippen LogP contribution in [0.4, 0.5) is 0 Å². The van der Waals surface area contributed by atoms with Crippen molar-refractivity contribution in [2.45, 2.75) is 65.5 Å².